The van der Waals surface area contributed by atoms with E-state index in [4.69, 9.17) is 15.2 Å². The first-order valence-electron chi connectivity index (χ1n) is 7.93. The molecule has 0 amide bonds. The summed E-state index contributed by atoms with van der Waals surface area (Å²) in [7, 11) is 0. The molecule has 0 bridgehead atoms. The van der Waals surface area contributed by atoms with Crippen LogP contribution in [0.3, 0.4) is 0 Å². The van der Waals surface area contributed by atoms with Gasteiger partial charge in [0, 0.05) is 4.88 Å². The van der Waals surface area contributed by atoms with Crippen LogP contribution in [0.25, 0.3) is 0 Å². The highest BCUT2D eigenvalue weighted by molar-refractivity contribution is 7.12. The van der Waals surface area contributed by atoms with Gasteiger partial charge in [-0.25, -0.2) is 4.79 Å². The van der Waals surface area contributed by atoms with Crippen molar-refractivity contribution >= 4 is 17.3 Å². The maximum atomic E-state index is 12.3. The van der Waals surface area contributed by atoms with Crippen LogP contribution >= 0.6 is 11.3 Å². The number of allylic oxidation sites excluding steroid dienone is 1. The molecule has 0 fully saturated rings. The zero-order valence-corrected chi connectivity index (χ0v) is 15.1. The normalized spacial score (nSPS) is 16.0. The van der Waals surface area contributed by atoms with Gasteiger partial charge in [-0.05, 0) is 31.9 Å². The van der Waals surface area contributed by atoms with Gasteiger partial charge in [0.15, 0.2) is 5.75 Å². The minimum Gasteiger partial charge on any atom is -0.462 e. The zero-order chi connectivity index (χ0) is 18.1. The van der Waals surface area contributed by atoms with Gasteiger partial charge in [-0.3, -0.25) is 0 Å². The molecule has 5 nitrogen and oxygen atoms in total. The summed E-state index contributed by atoms with van der Waals surface area (Å²) in [5.41, 5.74) is 8.79. The van der Waals surface area contributed by atoms with Gasteiger partial charge in [0.05, 0.1) is 17.4 Å². The molecule has 1 aromatic carbocycles. The maximum absolute atomic E-state index is 12.3. The van der Waals surface area contributed by atoms with Crippen LogP contribution in [0.1, 0.15) is 44.1 Å². The van der Waals surface area contributed by atoms with Crippen molar-refractivity contribution in [2.45, 2.75) is 26.7 Å². The van der Waals surface area contributed by atoms with Crippen molar-refractivity contribution in [2.75, 3.05) is 6.61 Å². The fourth-order valence-electron chi connectivity index (χ4n) is 3.04. The van der Waals surface area contributed by atoms with Crippen LogP contribution in [-0.4, -0.2) is 12.6 Å². The number of hydrogen-bond acceptors (Lipinski definition) is 6. The highest BCUT2D eigenvalue weighted by atomic mass is 32.1. The number of thiophene rings is 1. The fraction of sp³-hybridized carbons (Fsp3) is 0.263. The van der Waals surface area contributed by atoms with Crippen LogP contribution in [0.15, 0.2) is 35.7 Å². The minimum atomic E-state index is -0.436. The number of hydrogen-bond donors (Lipinski definition) is 1. The van der Waals surface area contributed by atoms with Gasteiger partial charge in [-0.1, -0.05) is 24.3 Å². The van der Waals surface area contributed by atoms with E-state index in [0.717, 1.165) is 20.9 Å². The van der Waals surface area contributed by atoms with Crippen LogP contribution in [0.5, 0.6) is 5.75 Å². The van der Waals surface area contributed by atoms with Gasteiger partial charge in [-0.15, -0.1) is 11.3 Å². The standard InChI is InChI=1S/C19H18N2O3S/c1-4-23-19(22)14-11(3)25-17-15(12-8-6-5-7-10(12)2)13(9-20)18(21)24-16(14)17/h5-8,15H,4,21H2,1-3H3. The predicted molar refractivity (Wildman–Crippen MR) is 95.5 cm³/mol. The van der Waals surface area contributed by atoms with E-state index in [1.807, 2.05) is 38.1 Å². The molecule has 2 aromatic rings. The third-order valence-corrected chi connectivity index (χ3v) is 5.35. The van der Waals surface area contributed by atoms with Crippen molar-refractivity contribution in [1.29, 1.82) is 5.26 Å². The second-order valence-electron chi connectivity index (χ2n) is 5.73. The molecule has 1 aromatic heterocycles. The highest BCUT2D eigenvalue weighted by Crippen LogP contribution is 2.49. The Morgan fingerprint density at radius 1 is 1.40 bits per heavy atom. The monoisotopic (exact) mass is 354 g/mol. The summed E-state index contributed by atoms with van der Waals surface area (Å²) in [6.45, 7) is 5.86. The number of aryl methyl sites for hydroxylation is 2. The molecule has 2 heterocycles. The summed E-state index contributed by atoms with van der Waals surface area (Å²) in [5.74, 6) is -0.339. The molecule has 128 valence electrons. The maximum Gasteiger partial charge on any atom is 0.343 e. The second kappa shape index (κ2) is 6.61. The van der Waals surface area contributed by atoms with Crippen molar-refractivity contribution in [3.05, 3.63) is 62.2 Å². The first-order valence-corrected chi connectivity index (χ1v) is 8.74. The van der Waals surface area contributed by atoms with Crippen LogP contribution in [0.2, 0.25) is 0 Å². The second-order valence-corrected chi connectivity index (χ2v) is 6.98. The molecule has 6 heteroatoms. The van der Waals surface area contributed by atoms with E-state index in [1.165, 1.54) is 11.3 Å². The largest absolute Gasteiger partial charge is 0.462 e. The quantitative estimate of drug-likeness (QED) is 0.848. The lowest BCUT2D eigenvalue weighted by Gasteiger charge is -2.25. The summed E-state index contributed by atoms with van der Waals surface area (Å²) < 4.78 is 10.8. The molecule has 1 atom stereocenters. The highest BCUT2D eigenvalue weighted by Gasteiger charge is 2.37. The number of nitrogens with two attached hydrogens (primary N) is 1. The summed E-state index contributed by atoms with van der Waals surface area (Å²) in [6, 6.07) is 10.0. The first kappa shape index (κ1) is 17.1. The first-order chi connectivity index (χ1) is 12.0. The number of ether oxygens (including phenoxy) is 2. The van der Waals surface area contributed by atoms with Gasteiger partial charge in [0.25, 0.3) is 0 Å². The van der Waals surface area contributed by atoms with E-state index in [-0.39, 0.29) is 18.4 Å². The smallest absolute Gasteiger partial charge is 0.343 e. The zero-order valence-electron chi connectivity index (χ0n) is 14.3. The van der Waals surface area contributed by atoms with E-state index in [9.17, 15) is 10.1 Å². The Kier molecular flexibility index (Phi) is 4.51. The number of nitrogens with zero attached hydrogens (tertiary/aromatic N) is 1. The SMILES string of the molecule is CCOC(=O)c1c(C)sc2c1OC(N)=C(C#N)C2c1ccccc1C. The van der Waals surface area contributed by atoms with E-state index < -0.39 is 5.97 Å². The fourth-order valence-corrected chi connectivity index (χ4v) is 4.25. The van der Waals surface area contributed by atoms with Crippen molar-refractivity contribution in [2.24, 2.45) is 5.73 Å². The number of nitriles is 1. The van der Waals surface area contributed by atoms with Gasteiger partial charge in [0.1, 0.15) is 17.2 Å². The van der Waals surface area contributed by atoms with Gasteiger partial charge in [-0.2, -0.15) is 5.26 Å². The molecule has 2 N–H and O–H groups in total. The Labute approximate surface area is 150 Å². The molecule has 1 aliphatic rings. The molecular formula is C19H18N2O3S. The van der Waals surface area contributed by atoms with Gasteiger partial charge in [0.2, 0.25) is 5.88 Å². The number of rotatable bonds is 3. The average molecular weight is 354 g/mol. The Morgan fingerprint density at radius 2 is 2.12 bits per heavy atom. The molecule has 25 heavy (non-hydrogen) atoms. The summed E-state index contributed by atoms with van der Waals surface area (Å²) >= 11 is 1.44. The Balaban J connectivity index is 2.24. The predicted octanol–water partition coefficient (Wildman–Crippen LogP) is 3.76. The van der Waals surface area contributed by atoms with Crippen molar-refractivity contribution < 1.29 is 14.3 Å². The minimum absolute atomic E-state index is 0.0339. The van der Waals surface area contributed by atoms with Gasteiger partial charge < -0.3 is 15.2 Å². The number of carbonyl (C=O) groups excluding carboxylic acids is 1. The van der Waals surface area contributed by atoms with Crippen molar-refractivity contribution in [3.8, 4) is 11.8 Å². The number of carbonyl (C=O) groups is 1. The van der Waals surface area contributed by atoms with Crippen molar-refractivity contribution in [3.63, 3.8) is 0 Å². The number of benzene rings is 1. The Morgan fingerprint density at radius 3 is 2.76 bits per heavy atom. The lowest BCUT2D eigenvalue weighted by Crippen LogP contribution is -2.21. The van der Waals surface area contributed by atoms with Crippen LogP contribution in [0.4, 0.5) is 0 Å². The van der Waals surface area contributed by atoms with E-state index in [0.29, 0.717) is 16.9 Å². The Bertz CT molecular complexity index is 921. The lowest BCUT2D eigenvalue weighted by atomic mass is 9.86. The molecule has 0 spiro atoms. The molecular weight excluding hydrogens is 336 g/mol. The van der Waals surface area contributed by atoms with Crippen LogP contribution in [0, 0.1) is 25.2 Å². The Hall–Kier alpha value is -2.78. The number of esters is 1. The summed E-state index contributed by atoms with van der Waals surface area (Å²) in [5, 5.41) is 9.62. The molecule has 0 aliphatic carbocycles. The average Bonchev–Trinajstić information content (AvgIpc) is 2.90. The van der Waals surface area contributed by atoms with E-state index >= 15 is 0 Å². The summed E-state index contributed by atoms with van der Waals surface area (Å²) in [6.07, 6.45) is 0. The number of fused-ring (bicyclic) bond motifs is 1. The molecule has 0 saturated heterocycles. The third kappa shape index (κ3) is 2.77. The lowest BCUT2D eigenvalue weighted by molar-refractivity contribution is 0.0522. The summed E-state index contributed by atoms with van der Waals surface area (Å²) in [4.78, 5) is 13.9. The van der Waals surface area contributed by atoms with Crippen LogP contribution in [-0.2, 0) is 4.74 Å². The molecule has 0 saturated carbocycles. The van der Waals surface area contributed by atoms with Gasteiger partial charge >= 0.3 is 5.97 Å². The molecule has 1 unspecified atom stereocenters. The van der Waals surface area contributed by atoms with E-state index in [2.05, 4.69) is 6.07 Å². The van der Waals surface area contributed by atoms with Crippen molar-refractivity contribution in [1.82, 2.24) is 0 Å². The topological polar surface area (TPSA) is 85.3 Å². The van der Waals surface area contributed by atoms with Crippen LogP contribution < -0.4 is 10.5 Å². The van der Waals surface area contributed by atoms with E-state index in [1.54, 1.807) is 6.92 Å². The third-order valence-electron chi connectivity index (χ3n) is 4.19. The molecule has 1 aliphatic heterocycles. The molecule has 3 rings (SSSR count). The molecule has 0 radical (unpaired) electrons.